The first-order valence-electron chi connectivity index (χ1n) is 6.94. The molecular weight excluding hydrogens is 444 g/mol. The Bertz CT molecular complexity index is 848. The van der Waals surface area contributed by atoms with Crippen LogP contribution in [0.5, 0.6) is 5.75 Å². The molecule has 0 bridgehead atoms. The average molecular weight is 454 g/mol. The van der Waals surface area contributed by atoms with Crippen molar-refractivity contribution in [2.45, 2.75) is 25.4 Å². The summed E-state index contributed by atoms with van der Waals surface area (Å²) in [6, 6.07) is 3.14. The zero-order chi connectivity index (χ0) is 18.6. The SMILES string of the molecule is Oc1cc(C(F)(F)F)cc(C#CCCCc2cc(Cl)nnc2Cl)c1Br. The van der Waals surface area contributed by atoms with Gasteiger partial charge >= 0.3 is 6.18 Å². The summed E-state index contributed by atoms with van der Waals surface area (Å²) in [6.07, 6.45) is -2.98. The molecule has 1 aromatic heterocycles. The van der Waals surface area contributed by atoms with Crippen molar-refractivity contribution >= 4 is 39.1 Å². The molecule has 2 rings (SSSR count). The van der Waals surface area contributed by atoms with Crippen molar-refractivity contribution in [2.75, 3.05) is 0 Å². The maximum absolute atomic E-state index is 12.8. The molecule has 0 unspecified atom stereocenters. The molecule has 0 aliphatic rings. The number of aromatic nitrogens is 2. The molecule has 0 aliphatic heterocycles. The van der Waals surface area contributed by atoms with Gasteiger partial charge in [0.05, 0.1) is 10.0 Å². The predicted molar refractivity (Wildman–Crippen MR) is 92.7 cm³/mol. The lowest BCUT2D eigenvalue weighted by atomic mass is 10.1. The van der Waals surface area contributed by atoms with E-state index >= 15 is 0 Å². The first kappa shape index (κ1) is 19.8. The summed E-state index contributed by atoms with van der Waals surface area (Å²) in [6.45, 7) is 0. The molecule has 0 radical (unpaired) electrons. The van der Waals surface area contributed by atoms with E-state index in [4.69, 9.17) is 23.2 Å². The summed E-state index contributed by atoms with van der Waals surface area (Å²) in [5.74, 6) is 4.91. The van der Waals surface area contributed by atoms with Crippen molar-refractivity contribution in [3.63, 3.8) is 0 Å². The van der Waals surface area contributed by atoms with Crippen molar-refractivity contribution in [2.24, 2.45) is 0 Å². The van der Waals surface area contributed by atoms with Crippen molar-refractivity contribution in [3.05, 3.63) is 49.7 Å². The topological polar surface area (TPSA) is 46.0 Å². The molecule has 132 valence electrons. The molecule has 0 aliphatic carbocycles. The van der Waals surface area contributed by atoms with E-state index in [2.05, 4.69) is 38.0 Å². The molecule has 3 nitrogen and oxygen atoms in total. The third kappa shape index (κ3) is 5.50. The summed E-state index contributed by atoms with van der Waals surface area (Å²) in [4.78, 5) is 0. The molecule has 1 aromatic carbocycles. The Balaban J connectivity index is 2.06. The molecule has 0 saturated carbocycles. The molecule has 1 heterocycles. The molecule has 0 saturated heterocycles. The molecule has 25 heavy (non-hydrogen) atoms. The number of nitrogens with zero attached hydrogens (tertiary/aromatic N) is 2. The number of hydrogen-bond donors (Lipinski definition) is 1. The Morgan fingerprint density at radius 1 is 1.16 bits per heavy atom. The van der Waals surface area contributed by atoms with Crippen LogP contribution >= 0.6 is 39.1 Å². The van der Waals surface area contributed by atoms with E-state index < -0.39 is 17.5 Å². The third-order valence-electron chi connectivity index (χ3n) is 3.14. The smallest absolute Gasteiger partial charge is 0.416 e. The minimum absolute atomic E-state index is 0.0685. The Morgan fingerprint density at radius 3 is 2.56 bits per heavy atom. The van der Waals surface area contributed by atoms with Crippen LogP contribution in [0.4, 0.5) is 13.2 Å². The van der Waals surface area contributed by atoms with Gasteiger partial charge in [-0.2, -0.15) is 13.2 Å². The van der Waals surface area contributed by atoms with Gasteiger partial charge in [-0.05, 0) is 52.5 Å². The van der Waals surface area contributed by atoms with E-state index in [0.29, 0.717) is 25.3 Å². The van der Waals surface area contributed by atoms with E-state index in [1.54, 1.807) is 6.07 Å². The van der Waals surface area contributed by atoms with E-state index in [-0.39, 0.29) is 20.3 Å². The van der Waals surface area contributed by atoms with Crippen LogP contribution in [0.3, 0.4) is 0 Å². The number of unbranched alkanes of at least 4 members (excludes halogenated alkanes) is 1. The number of aromatic hydroxyl groups is 1. The van der Waals surface area contributed by atoms with Gasteiger partial charge in [-0.3, -0.25) is 0 Å². The van der Waals surface area contributed by atoms with Gasteiger partial charge < -0.3 is 5.11 Å². The summed E-state index contributed by atoms with van der Waals surface area (Å²) in [5.41, 5.74) is -0.165. The Kier molecular flexibility index (Phi) is 6.55. The first-order chi connectivity index (χ1) is 11.7. The van der Waals surface area contributed by atoms with E-state index in [9.17, 15) is 18.3 Å². The highest BCUT2D eigenvalue weighted by Crippen LogP contribution is 2.36. The number of rotatable bonds is 3. The number of benzene rings is 1. The Hall–Kier alpha value is -1.49. The predicted octanol–water partition coefficient (Wildman–Crippen LogP) is 5.64. The lowest BCUT2D eigenvalue weighted by Gasteiger charge is -2.09. The molecule has 9 heteroatoms. The second-order valence-corrected chi connectivity index (χ2v) is 6.53. The van der Waals surface area contributed by atoms with Gasteiger partial charge in [0.2, 0.25) is 0 Å². The highest BCUT2D eigenvalue weighted by atomic mass is 79.9. The van der Waals surface area contributed by atoms with Crippen LogP contribution in [0.15, 0.2) is 22.7 Å². The van der Waals surface area contributed by atoms with Crippen LogP contribution in [-0.2, 0) is 12.6 Å². The molecule has 0 fully saturated rings. The second-order valence-electron chi connectivity index (χ2n) is 4.99. The van der Waals surface area contributed by atoms with Crippen LogP contribution in [-0.4, -0.2) is 15.3 Å². The number of hydrogen-bond acceptors (Lipinski definition) is 3. The maximum atomic E-state index is 12.8. The zero-order valence-corrected chi connectivity index (χ0v) is 15.6. The van der Waals surface area contributed by atoms with Crippen molar-refractivity contribution in [1.82, 2.24) is 10.2 Å². The fourth-order valence-corrected chi connectivity index (χ4v) is 2.64. The number of phenols is 1. The van der Waals surface area contributed by atoms with E-state index in [1.165, 1.54) is 0 Å². The standard InChI is InChI=1S/C16H10BrCl2F3N2O/c17-14-9(6-11(8-12(14)25)16(20,21)22)4-2-1-3-5-10-7-13(18)23-24-15(10)19/h6-8,25H,1,3,5H2. The number of aryl methyl sites for hydroxylation is 1. The molecule has 0 amide bonds. The monoisotopic (exact) mass is 452 g/mol. The first-order valence-corrected chi connectivity index (χ1v) is 8.49. The quantitative estimate of drug-likeness (QED) is 0.482. The van der Waals surface area contributed by atoms with Crippen LogP contribution in [0.2, 0.25) is 10.3 Å². The molecule has 0 atom stereocenters. The van der Waals surface area contributed by atoms with Crippen molar-refractivity contribution in [1.29, 1.82) is 0 Å². The highest BCUT2D eigenvalue weighted by Gasteiger charge is 2.32. The van der Waals surface area contributed by atoms with Gasteiger partial charge in [0.15, 0.2) is 10.3 Å². The number of halogens is 6. The number of alkyl halides is 3. The summed E-state index contributed by atoms with van der Waals surface area (Å²) in [7, 11) is 0. The van der Waals surface area contributed by atoms with Gasteiger partial charge in [-0.1, -0.05) is 35.0 Å². The normalized spacial score (nSPS) is 11.1. The van der Waals surface area contributed by atoms with Crippen LogP contribution in [0.25, 0.3) is 0 Å². The Morgan fingerprint density at radius 2 is 1.88 bits per heavy atom. The molecular formula is C16H10BrCl2F3N2O. The summed E-state index contributed by atoms with van der Waals surface area (Å²) in [5, 5.41) is 17.4. The molecule has 2 aromatic rings. The van der Waals surface area contributed by atoms with Gasteiger partial charge in [0.25, 0.3) is 0 Å². The molecule has 0 spiro atoms. The van der Waals surface area contributed by atoms with Gasteiger partial charge in [0.1, 0.15) is 5.75 Å². The van der Waals surface area contributed by atoms with Gasteiger partial charge in [-0.15, -0.1) is 10.2 Å². The summed E-state index contributed by atoms with van der Waals surface area (Å²) >= 11 is 14.7. The largest absolute Gasteiger partial charge is 0.507 e. The fourth-order valence-electron chi connectivity index (χ4n) is 1.95. The Labute approximate surface area is 160 Å². The second kappa shape index (κ2) is 8.26. The minimum Gasteiger partial charge on any atom is -0.507 e. The highest BCUT2D eigenvalue weighted by molar-refractivity contribution is 9.10. The lowest BCUT2D eigenvalue weighted by Crippen LogP contribution is -2.05. The maximum Gasteiger partial charge on any atom is 0.416 e. The van der Waals surface area contributed by atoms with Crippen LogP contribution in [0.1, 0.15) is 29.5 Å². The van der Waals surface area contributed by atoms with Gasteiger partial charge in [-0.25, -0.2) is 0 Å². The minimum atomic E-state index is -4.56. The van der Waals surface area contributed by atoms with Gasteiger partial charge in [0, 0.05) is 12.0 Å². The van der Waals surface area contributed by atoms with E-state index in [1.807, 2.05) is 0 Å². The number of phenolic OH excluding ortho intramolecular Hbond substituents is 1. The van der Waals surface area contributed by atoms with Crippen molar-refractivity contribution in [3.8, 4) is 17.6 Å². The zero-order valence-electron chi connectivity index (χ0n) is 12.5. The van der Waals surface area contributed by atoms with E-state index in [0.717, 1.165) is 11.6 Å². The average Bonchev–Trinajstić information content (AvgIpc) is 2.53. The third-order valence-corrected chi connectivity index (χ3v) is 4.48. The van der Waals surface area contributed by atoms with Crippen molar-refractivity contribution < 1.29 is 18.3 Å². The lowest BCUT2D eigenvalue weighted by molar-refractivity contribution is -0.137. The molecule has 1 N–H and O–H groups in total. The fraction of sp³-hybridized carbons (Fsp3) is 0.250. The van der Waals surface area contributed by atoms with Crippen LogP contribution < -0.4 is 0 Å². The van der Waals surface area contributed by atoms with Crippen LogP contribution in [0, 0.1) is 11.8 Å². The summed E-state index contributed by atoms with van der Waals surface area (Å²) < 4.78 is 38.4.